The Kier molecular flexibility index (Phi) is 3.27. The van der Waals surface area contributed by atoms with Gasteiger partial charge in [0.25, 0.3) is 0 Å². The number of carbonyl (C=O) groups is 1. The van der Waals surface area contributed by atoms with Crippen molar-refractivity contribution < 1.29 is 4.79 Å². The monoisotopic (exact) mass is 153 g/mol. The molecule has 0 aromatic rings. The van der Waals surface area contributed by atoms with Crippen molar-refractivity contribution in [3.63, 3.8) is 0 Å². The van der Waals surface area contributed by atoms with Crippen molar-refractivity contribution in [1.29, 1.82) is 0 Å². The molecule has 0 aromatic carbocycles. The fourth-order valence-electron chi connectivity index (χ4n) is 0.886. The van der Waals surface area contributed by atoms with E-state index in [2.05, 4.69) is 11.9 Å². The number of nitrogens with zero attached hydrogens (tertiary/aromatic N) is 1. The average molecular weight is 153 g/mol. The quantitative estimate of drug-likeness (QED) is 0.449. The summed E-state index contributed by atoms with van der Waals surface area (Å²) in [5, 5.41) is 0. The lowest BCUT2D eigenvalue weighted by Gasteiger charge is -1.88. The van der Waals surface area contributed by atoms with Crippen LogP contribution >= 0.6 is 0 Å². The summed E-state index contributed by atoms with van der Waals surface area (Å²) in [5.41, 5.74) is 0. The third kappa shape index (κ3) is 3.30. The van der Waals surface area contributed by atoms with Gasteiger partial charge in [-0.2, -0.15) is 0 Å². The highest BCUT2D eigenvalue weighted by Gasteiger charge is 2.28. The Hall–Kier alpha value is -0.660. The number of rotatable bonds is 4. The van der Waals surface area contributed by atoms with Crippen LogP contribution in [0.2, 0.25) is 0 Å². The lowest BCUT2D eigenvalue weighted by Crippen LogP contribution is -1.95. The molecule has 0 bridgehead atoms. The van der Waals surface area contributed by atoms with Gasteiger partial charge in [0.15, 0.2) is 0 Å². The molecule has 1 amide bonds. The summed E-state index contributed by atoms with van der Waals surface area (Å²) in [5.74, 6) is 0.383. The molecule has 1 aliphatic carbocycles. The van der Waals surface area contributed by atoms with Crippen LogP contribution in [-0.2, 0) is 4.79 Å². The predicted molar refractivity (Wildman–Crippen MR) is 45.7 cm³/mol. The molecule has 0 aromatic heterocycles. The lowest BCUT2D eigenvalue weighted by atomic mass is 10.3. The van der Waals surface area contributed by atoms with Crippen LogP contribution in [0.5, 0.6) is 0 Å². The zero-order chi connectivity index (χ0) is 8.10. The number of unbranched alkanes of at least 4 members (excludes halogenated alkanes) is 2. The average Bonchev–Trinajstić information content (AvgIpc) is 2.79. The highest BCUT2D eigenvalue weighted by molar-refractivity contribution is 5.88. The molecule has 0 atom stereocenters. The maximum Gasteiger partial charge on any atom is 0.248 e. The van der Waals surface area contributed by atoms with Gasteiger partial charge >= 0.3 is 0 Å². The Balaban J connectivity index is 2.07. The van der Waals surface area contributed by atoms with Crippen LogP contribution in [0, 0.1) is 5.92 Å². The first-order valence-corrected chi connectivity index (χ1v) is 4.41. The van der Waals surface area contributed by atoms with Gasteiger partial charge in [-0.1, -0.05) is 13.3 Å². The van der Waals surface area contributed by atoms with E-state index in [0.717, 1.165) is 25.7 Å². The maximum atomic E-state index is 11.0. The normalized spacial score (nSPS) is 17.5. The number of hydrogen-bond acceptors (Lipinski definition) is 1. The Morgan fingerprint density at radius 1 is 1.64 bits per heavy atom. The summed E-state index contributed by atoms with van der Waals surface area (Å²) in [4.78, 5) is 14.8. The van der Waals surface area contributed by atoms with Crippen LogP contribution < -0.4 is 0 Å². The molecule has 0 unspecified atom stereocenters. The zero-order valence-corrected chi connectivity index (χ0v) is 7.05. The van der Waals surface area contributed by atoms with Crippen molar-refractivity contribution in [2.24, 2.45) is 10.9 Å². The van der Waals surface area contributed by atoms with E-state index in [1.807, 2.05) is 0 Å². The molecule has 1 fully saturated rings. The van der Waals surface area contributed by atoms with E-state index in [-0.39, 0.29) is 11.8 Å². The van der Waals surface area contributed by atoms with Gasteiger partial charge in [0.2, 0.25) is 5.91 Å². The predicted octanol–water partition coefficient (Wildman–Crippen LogP) is 2.18. The van der Waals surface area contributed by atoms with Gasteiger partial charge in [-0.05, 0) is 25.7 Å². The van der Waals surface area contributed by atoms with Crippen LogP contribution in [-0.4, -0.2) is 12.1 Å². The van der Waals surface area contributed by atoms with Gasteiger partial charge < -0.3 is 0 Å². The van der Waals surface area contributed by atoms with E-state index in [1.165, 1.54) is 6.42 Å². The Morgan fingerprint density at radius 2 is 2.36 bits per heavy atom. The second-order valence-electron chi connectivity index (χ2n) is 3.07. The molecule has 11 heavy (non-hydrogen) atoms. The topological polar surface area (TPSA) is 29.4 Å². The number of amides is 1. The van der Waals surface area contributed by atoms with Crippen molar-refractivity contribution in [2.45, 2.75) is 39.0 Å². The molecule has 0 spiro atoms. The molecule has 2 heteroatoms. The van der Waals surface area contributed by atoms with Crippen molar-refractivity contribution in [3.8, 4) is 0 Å². The maximum absolute atomic E-state index is 11.0. The van der Waals surface area contributed by atoms with Crippen molar-refractivity contribution in [1.82, 2.24) is 0 Å². The van der Waals surface area contributed by atoms with Crippen molar-refractivity contribution in [3.05, 3.63) is 0 Å². The second-order valence-corrected chi connectivity index (χ2v) is 3.07. The first-order valence-electron chi connectivity index (χ1n) is 4.41. The molecule has 1 rings (SSSR count). The number of aliphatic imine (C=N–C) groups is 1. The zero-order valence-electron chi connectivity index (χ0n) is 7.05. The van der Waals surface area contributed by atoms with E-state index in [0.29, 0.717) is 0 Å². The van der Waals surface area contributed by atoms with Crippen LogP contribution in [0.3, 0.4) is 0 Å². The summed E-state index contributed by atoms with van der Waals surface area (Å²) in [6.07, 6.45) is 7.15. The van der Waals surface area contributed by atoms with E-state index in [1.54, 1.807) is 6.21 Å². The van der Waals surface area contributed by atoms with Crippen LogP contribution in [0.25, 0.3) is 0 Å². The number of hydrogen-bond donors (Lipinski definition) is 0. The highest BCUT2D eigenvalue weighted by atomic mass is 16.1. The van der Waals surface area contributed by atoms with Crippen molar-refractivity contribution >= 4 is 12.1 Å². The van der Waals surface area contributed by atoms with Crippen LogP contribution in [0.15, 0.2) is 4.99 Å². The standard InChI is InChI=1S/C9H15NO/c1-2-3-4-7-10-9(11)8-5-6-8/h7-8H,2-6H2,1H3. The Bertz CT molecular complexity index is 159. The Labute approximate surface area is 67.7 Å². The molecule has 2 nitrogen and oxygen atoms in total. The summed E-state index contributed by atoms with van der Waals surface area (Å²) in [6.45, 7) is 2.14. The molecule has 0 N–H and O–H groups in total. The molecule has 0 saturated heterocycles. The first-order chi connectivity index (χ1) is 5.34. The molecule has 0 heterocycles. The minimum atomic E-state index is 0.0982. The SMILES string of the molecule is CCCCC=NC(=O)C1CC1. The van der Waals surface area contributed by atoms with E-state index in [9.17, 15) is 4.79 Å². The number of carbonyl (C=O) groups excluding carboxylic acids is 1. The lowest BCUT2D eigenvalue weighted by molar-refractivity contribution is -0.118. The van der Waals surface area contributed by atoms with E-state index in [4.69, 9.17) is 0 Å². The van der Waals surface area contributed by atoms with Gasteiger partial charge in [-0.3, -0.25) is 4.79 Å². The van der Waals surface area contributed by atoms with Crippen LogP contribution in [0.4, 0.5) is 0 Å². The summed E-state index contributed by atoms with van der Waals surface area (Å²) < 4.78 is 0. The first kappa shape index (κ1) is 8.44. The summed E-state index contributed by atoms with van der Waals surface area (Å²) in [7, 11) is 0. The molecule has 1 aliphatic rings. The second kappa shape index (κ2) is 4.27. The van der Waals surface area contributed by atoms with Crippen LogP contribution in [0.1, 0.15) is 39.0 Å². The van der Waals surface area contributed by atoms with Gasteiger partial charge in [0, 0.05) is 12.1 Å². The van der Waals surface area contributed by atoms with Gasteiger partial charge in [0.1, 0.15) is 0 Å². The molecular formula is C9H15NO. The minimum Gasteiger partial charge on any atom is -0.272 e. The highest BCUT2D eigenvalue weighted by Crippen LogP contribution is 2.29. The minimum absolute atomic E-state index is 0.0982. The van der Waals surface area contributed by atoms with Gasteiger partial charge in [0.05, 0.1) is 0 Å². The summed E-state index contributed by atoms with van der Waals surface area (Å²) in [6, 6.07) is 0. The largest absolute Gasteiger partial charge is 0.272 e. The molecule has 62 valence electrons. The Morgan fingerprint density at radius 3 is 2.91 bits per heavy atom. The van der Waals surface area contributed by atoms with E-state index < -0.39 is 0 Å². The molecule has 1 saturated carbocycles. The third-order valence-corrected chi connectivity index (χ3v) is 1.83. The fraction of sp³-hybridized carbons (Fsp3) is 0.778. The van der Waals surface area contributed by atoms with E-state index >= 15 is 0 Å². The van der Waals surface area contributed by atoms with Gasteiger partial charge in [-0.25, -0.2) is 4.99 Å². The smallest absolute Gasteiger partial charge is 0.248 e. The summed E-state index contributed by atoms with van der Waals surface area (Å²) >= 11 is 0. The fourth-order valence-corrected chi connectivity index (χ4v) is 0.886. The molecule has 0 aliphatic heterocycles. The third-order valence-electron chi connectivity index (χ3n) is 1.83. The van der Waals surface area contributed by atoms with Crippen molar-refractivity contribution in [2.75, 3.05) is 0 Å². The van der Waals surface area contributed by atoms with Gasteiger partial charge in [-0.15, -0.1) is 0 Å². The molecular weight excluding hydrogens is 138 g/mol. The molecule has 0 radical (unpaired) electrons.